The van der Waals surface area contributed by atoms with E-state index in [0.29, 0.717) is 19.1 Å². The van der Waals surface area contributed by atoms with Gasteiger partial charge in [-0.25, -0.2) is 9.78 Å². The summed E-state index contributed by atoms with van der Waals surface area (Å²) in [6, 6.07) is 10.9. The van der Waals surface area contributed by atoms with E-state index in [1.54, 1.807) is 4.90 Å². The molecule has 7 nitrogen and oxygen atoms in total. The van der Waals surface area contributed by atoms with Gasteiger partial charge in [0.2, 0.25) is 0 Å². The molecule has 33 heavy (non-hydrogen) atoms. The predicted octanol–water partition coefficient (Wildman–Crippen LogP) is 4.94. The fourth-order valence-electron chi connectivity index (χ4n) is 4.50. The number of rotatable bonds is 5. The average molecular weight is 452 g/mol. The molecular formula is C26H37N5O2. The minimum absolute atomic E-state index is 0.224. The second-order valence-electron chi connectivity index (χ2n) is 10.2. The van der Waals surface area contributed by atoms with Crippen LogP contribution in [-0.4, -0.2) is 63.7 Å². The quantitative estimate of drug-likeness (QED) is 0.694. The van der Waals surface area contributed by atoms with Gasteiger partial charge in [0, 0.05) is 50.5 Å². The van der Waals surface area contributed by atoms with Gasteiger partial charge < -0.3 is 15.0 Å². The molecule has 0 radical (unpaired) electrons. The molecule has 0 spiro atoms. The van der Waals surface area contributed by atoms with Crippen LogP contribution >= 0.6 is 0 Å². The molecule has 2 aromatic rings. The lowest BCUT2D eigenvalue weighted by molar-refractivity contribution is 0.0138. The van der Waals surface area contributed by atoms with Gasteiger partial charge in [0.25, 0.3) is 0 Å². The number of anilines is 1. The lowest BCUT2D eigenvalue weighted by Gasteiger charge is -2.35. The van der Waals surface area contributed by atoms with Gasteiger partial charge in [-0.05, 0) is 57.9 Å². The van der Waals surface area contributed by atoms with Gasteiger partial charge >= 0.3 is 6.09 Å². The van der Waals surface area contributed by atoms with E-state index in [2.05, 4.69) is 39.5 Å². The van der Waals surface area contributed by atoms with E-state index in [9.17, 15) is 4.79 Å². The molecule has 0 unspecified atom stereocenters. The molecule has 2 fully saturated rings. The van der Waals surface area contributed by atoms with Crippen molar-refractivity contribution in [3.63, 3.8) is 0 Å². The van der Waals surface area contributed by atoms with Crippen LogP contribution in [0, 0.1) is 0 Å². The van der Waals surface area contributed by atoms with Crippen molar-refractivity contribution in [2.24, 2.45) is 0 Å². The Morgan fingerprint density at radius 3 is 2.58 bits per heavy atom. The summed E-state index contributed by atoms with van der Waals surface area (Å²) < 4.78 is 5.50. The van der Waals surface area contributed by atoms with Crippen molar-refractivity contribution in [2.45, 2.75) is 71.1 Å². The van der Waals surface area contributed by atoms with Gasteiger partial charge in [-0.1, -0.05) is 25.3 Å². The zero-order valence-corrected chi connectivity index (χ0v) is 20.2. The molecule has 0 aromatic carbocycles. The van der Waals surface area contributed by atoms with Gasteiger partial charge in [-0.15, -0.1) is 0 Å². The molecule has 1 aliphatic heterocycles. The molecule has 178 valence electrons. The fraction of sp³-hybridized carbons (Fsp3) is 0.577. The number of nitrogens with one attached hydrogen (secondary N) is 1. The second kappa shape index (κ2) is 10.5. The average Bonchev–Trinajstić information content (AvgIpc) is 2.79. The molecule has 1 aliphatic carbocycles. The number of aromatic nitrogens is 2. The van der Waals surface area contributed by atoms with E-state index in [1.807, 2.05) is 33.0 Å². The highest BCUT2D eigenvalue weighted by Crippen LogP contribution is 2.24. The monoisotopic (exact) mass is 451 g/mol. The van der Waals surface area contributed by atoms with E-state index in [4.69, 9.17) is 9.72 Å². The lowest BCUT2D eigenvalue weighted by Crippen LogP contribution is -2.49. The second-order valence-corrected chi connectivity index (χ2v) is 10.2. The van der Waals surface area contributed by atoms with Crippen molar-refractivity contribution in [2.75, 3.05) is 31.5 Å². The van der Waals surface area contributed by atoms with Gasteiger partial charge in [0.05, 0.1) is 11.4 Å². The molecule has 2 aliphatic rings. The SMILES string of the molecule is CC(C)(C)OC(=O)N1CCN(Cc2cccc(-c3ccnc(NC4CCCCC4)c3)n2)CC1. The van der Waals surface area contributed by atoms with E-state index in [0.717, 1.165) is 42.4 Å². The first-order chi connectivity index (χ1) is 15.9. The summed E-state index contributed by atoms with van der Waals surface area (Å²) in [4.78, 5) is 25.9. The van der Waals surface area contributed by atoms with Crippen molar-refractivity contribution in [3.05, 3.63) is 42.2 Å². The van der Waals surface area contributed by atoms with Crippen LogP contribution in [0.5, 0.6) is 0 Å². The summed E-state index contributed by atoms with van der Waals surface area (Å²) in [7, 11) is 0. The highest BCUT2D eigenvalue weighted by molar-refractivity contribution is 5.68. The first-order valence-corrected chi connectivity index (χ1v) is 12.2. The molecule has 0 atom stereocenters. The lowest BCUT2D eigenvalue weighted by atomic mass is 9.95. The van der Waals surface area contributed by atoms with Crippen molar-refractivity contribution in [1.82, 2.24) is 19.8 Å². The molecule has 4 rings (SSSR count). The summed E-state index contributed by atoms with van der Waals surface area (Å²) in [5, 5.41) is 3.61. The number of amides is 1. The Morgan fingerprint density at radius 1 is 1.09 bits per heavy atom. The Hall–Kier alpha value is -2.67. The summed E-state index contributed by atoms with van der Waals surface area (Å²) in [5.41, 5.74) is 2.63. The molecule has 7 heteroatoms. The number of carbonyl (C=O) groups is 1. The highest BCUT2D eigenvalue weighted by Gasteiger charge is 2.26. The number of hydrogen-bond acceptors (Lipinski definition) is 6. The smallest absolute Gasteiger partial charge is 0.410 e. The molecule has 0 bridgehead atoms. The molecule has 1 saturated carbocycles. The van der Waals surface area contributed by atoms with Crippen LogP contribution in [0.4, 0.5) is 10.6 Å². The van der Waals surface area contributed by atoms with Crippen LogP contribution in [0.2, 0.25) is 0 Å². The zero-order chi connectivity index (χ0) is 23.3. The zero-order valence-electron chi connectivity index (χ0n) is 20.2. The highest BCUT2D eigenvalue weighted by atomic mass is 16.6. The largest absolute Gasteiger partial charge is 0.444 e. The molecule has 3 heterocycles. The van der Waals surface area contributed by atoms with Crippen LogP contribution < -0.4 is 5.32 Å². The van der Waals surface area contributed by atoms with Gasteiger partial charge in [0.15, 0.2) is 0 Å². The Labute approximate surface area is 197 Å². The Morgan fingerprint density at radius 2 is 1.85 bits per heavy atom. The number of ether oxygens (including phenoxy) is 1. The van der Waals surface area contributed by atoms with E-state index < -0.39 is 5.60 Å². The van der Waals surface area contributed by atoms with Crippen molar-refractivity contribution in [3.8, 4) is 11.3 Å². The Bertz CT molecular complexity index is 928. The van der Waals surface area contributed by atoms with Crippen molar-refractivity contribution < 1.29 is 9.53 Å². The Balaban J connectivity index is 1.34. The van der Waals surface area contributed by atoms with Crippen LogP contribution in [0.25, 0.3) is 11.3 Å². The minimum Gasteiger partial charge on any atom is -0.444 e. The summed E-state index contributed by atoms with van der Waals surface area (Å²) in [6.45, 7) is 9.46. The number of pyridine rings is 2. The maximum absolute atomic E-state index is 12.3. The topological polar surface area (TPSA) is 70.6 Å². The van der Waals surface area contributed by atoms with E-state index >= 15 is 0 Å². The van der Waals surface area contributed by atoms with Crippen molar-refractivity contribution in [1.29, 1.82) is 0 Å². The molecule has 1 N–H and O–H groups in total. The number of nitrogens with zero attached hydrogens (tertiary/aromatic N) is 4. The van der Waals surface area contributed by atoms with E-state index in [-0.39, 0.29) is 6.09 Å². The summed E-state index contributed by atoms with van der Waals surface area (Å²) in [6.07, 6.45) is 8.03. The van der Waals surface area contributed by atoms with Crippen molar-refractivity contribution >= 4 is 11.9 Å². The summed E-state index contributed by atoms with van der Waals surface area (Å²) in [5.74, 6) is 0.935. The van der Waals surface area contributed by atoms with Gasteiger partial charge in [-0.2, -0.15) is 0 Å². The van der Waals surface area contributed by atoms with Crippen LogP contribution in [-0.2, 0) is 11.3 Å². The minimum atomic E-state index is -0.461. The molecular weight excluding hydrogens is 414 g/mol. The third-order valence-corrected chi connectivity index (χ3v) is 6.23. The third kappa shape index (κ3) is 6.90. The molecule has 1 saturated heterocycles. The molecule has 1 amide bonds. The van der Waals surface area contributed by atoms with Gasteiger partial charge in [0.1, 0.15) is 11.4 Å². The maximum Gasteiger partial charge on any atom is 0.410 e. The fourth-order valence-corrected chi connectivity index (χ4v) is 4.50. The number of piperazine rings is 1. The van der Waals surface area contributed by atoms with Crippen LogP contribution in [0.1, 0.15) is 58.6 Å². The Kier molecular flexibility index (Phi) is 7.48. The normalized spacial score (nSPS) is 18.2. The van der Waals surface area contributed by atoms with Crippen LogP contribution in [0.3, 0.4) is 0 Å². The van der Waals surface area contributed by atoms with Crippen LogP contribution in [0.15, 0.2) is 36.5 Å². The van der Waals surface area contributed by atoms with Gasteiger partial charge in [-0.3, -0.25) is 9.88 Å². The predicted molar refractivity (Wildman–Crippen MR) is 131 cm³/mol. The summed E-state index contributed by atoms with van der Waals surface area (Å²) >= 11 is 0. The number of hydrogen-bond donors (Lipinski definition) is 1. The maximum atomic E-state index is 12.3. The first kappa shape index (κ1) is 23.5. The number of carbonyl (C=O) groups excluding carboxylic acids is 1. The standard InChI is InChI=1S/C26H37N5O2/c1-26(2,3)33-25(32)31-16-14-30(15-17-31)19-22-10-7-11-23(28-22)20-12-13-27-24(18-20)29-21-8-5-4-6-9-21/h7,10-13,18,21H,4-6,8-9,14-17,19H2,1-3H3,(H,27,29). The first-order valence-electron chi connectivity index (χ1n) is 12.2. The molecule has 2 aromatic heterocycles. The third-order valence-electron chi connectivity index (χ3n) is 6.23. The van der Waals surface area contributed by atoms with E-state index in [1.165, 1.54) is 32.1 Å².